The lowest BCUT2D eigenvalue weighted by atomic mass is 10.1. The van der Waals surface area contributed by atoms with E-state index in [4.69, 9.17) is 25.5 Å². The molecule has 2 aromatic carbocycles. The Bertz CT molecular complexity index is 1330. The van der Waals surface area contributed by atoms with Crippen LogP contribution >= 0.6 is 11.6 Å². The van der Waals surface area contributed by atoms with Gasteiger partial charge in [-0.25, -0.2) is 9.07 Å². The van der Waals surface area contributed by atoms with E-state index in [2.05, 4.69) is 15.4 Å². The van der Waals surface area contributed by atoms with Gasteiger partial charge >= 0.3 is 6.01 Å². The molecule has 10 heteroatoms. The minimum Gasteiger partial charge on any atom is -0.497 e. The van der Waals surface area contributed by atoms with Gasteiger partial charge in [0.15, 0.2) is 10.6 Å². The lowest BCUT2D eigenvalue weighted by Crippen LogP contribution is -2.27. The highest BCUT2D eigenvalue weighted by atomic mass is 35.5. The van der Waals surface area contributed by atoms with Crippen LogP contribution in [0.15, 0.2) is 71.3 Å². The van der Waals surface area contributed by atoms with Gasteiger partial charge in [0.2, 0.25) is 11.7 Å². The van der Waals surface area contributed by atoms with E-state index >= 15 is 0 Å². The monoisotopic (exact) mass is 496 g/mol. The van der Waals surface area contributed by atoms with Gasteiger partial charge in [0.1, 0.15) is 11.9 Å². The van der Waals surface area contributed by atoms with E-state index in [1.54, 1.807) is 48.2 Å². The number of hydrogen-bond acceptors (Lipinski definition) is 6. The van der Waals surface area contributed by atoms with Gasteiger partial charge in [-0.3, -0.25) is 4.79 Å². The summed E-state index contributed by atoms with van der Waals surface area (Å²) in [5, 5.41) is 7.16. The minimum absolute atomic E-state index is 0.00300. The predicted molar refractivity (Wildman–Crippen MR) is 128 cm³/mol. The van der Waals surface area contributed by atoms with Crippen LogP contribution in [0.4, 0.5) is 10.1 Å². The Morgan fingerprint density at radius 3 is 2.74 bits per heavy atom. The Balaban J connectivity index is 1.35. The number of ether oxygens (including phenoxy) is 2. The molecule has 1 N–H and O–H groups in total. The second-order valence-electron chi connectivity index (χ2n) is 8.09. The first kappa shape index (κ1) is 22.9. The third-order valence-corrected chi connectivity index (χ3v) is 6.21. The van der Waals surface area contributed by atoms with Crippen molar-refractivity contribution in [2.45, 2.75) is 23.9 Å². The van der Waals surface area contributed by atoms with Crippen LogP contribution in [0.1, 0.15) is 12.0 Å². The number of anilines is 1. The molecule has 0 spiro atoms. The first-order valence-electron chi connectivity index (χ1n) is 11.0. The average molecular weight is 497 g/mol. The third-order valence-electron chi connectivity index (χ3n) is 5.65. The van der Waals surface area contributed by atoms with Crippen molar-refractivity contribution in [3.05, 3.63) is 72.5 Å². The van der Waals surface area contributed by atoms with Crippen molar-refractivity contribution in [1.29, 1.82) is 0 Å². The van der Waals surface area contributed by atoms with Gasteiger partial charge in [-0.15, -0.1) is 16.7 Å². The number of furan rings is 1. The molecule has 2 unspecified atom stereocenters. The van der Waals surface area contributed by atoms with Crippen LogP contribution in [0.2, 0.25) is 0 Å². The summed E-state index contributed by atoms with van der Waals surface area (Å²) >= 11 is 6.01. The largest absolute Gasteiger partial charge is 0.497 e. The fraction of sp³-hybridized carbons (Fsp3) is 0.240. The van der Waals surface area contributed by atoms with Crippen LogP contribution in [-0.2, 0) is 11.2 Å². The smallest absolute Gasteiger partial charge is 0.336 e. The third kappa shape index (κ3) is 4.85. The summed E-state index contributed by atoms with van der Waals surface area (Å²) in [6, 6.07) is 18.3. The number of benzene rings is 2. The SMILES string of the molecule is COc1ccc(CCOc2nc(-c3ccco3)n(-c3cccc(NC(=O)C4(Cl)CC4F)c3)n2)cc1. The van der Waals surface area contributed by atoms with E-state index in [0.29, 0.717) is 36.0 Å². The van der Waals surface area contributed by atoms with Crippen LogP contribution in [0.25, 0.3) is 17.3 Å². The molecule has 2 atom stereocenters. The molecular formula is C25H22ClFN4O4. The topological polar surface area (TPSA) is 91.4 Å². The molecule has 1 saturated carbocycles. The predicted octanol–water partition coefficient (Wildman–Crippen LogP) is 4.82. The minimum atomic E-state index is -1.49. The Labute approximate surface area is 205 Å². The second-order valence-corrected chi connectivity index (χ2v) is 8.77. The number of amides is 1. The molecule has 0 radical (unpaired) electrons. The molecule has 0 bridgehead atoms. The van der Waals surface area contributed by atoms with E-state index in [1.165, 1.54) is 6.26 Å². The van der Waals surface area contributed by atoms with Crippen molar-refractivity contribution in [2.75, 3.05) is 19.0 Å². The number of rotatable bonds is 9. The molecule has 0 saturated heterocycles. The molecule has 8 nitrogen and oxygen atoms in total. The number of hydrogen-bond donors (Lipinski definition) is 1. The van der Waals surface area contributed by atoms with E-state index < -0.39 is 17.0 Å². The van der Waals surface area contributed by atoms with Crippen molar-refractivity contribution in [2.24, 2.45) is 0 Å². The molecule has 1 fully saturated rings. The van der Waals surface area contributed by atoms with Crippen LogP contribution < -0.4 is 14.8 Å². The quantitative estimate of drug-likeness (QED) is 0.334. The molecule has 1 aliphatic rings. The van der Waals surface area contributed by atoms with Gasteiger partial charge in [0, 0.05) is 18.5 Å². The summed E-state index contributed by atoms with van der Waals surface area (Å²) in [6.07, 6.45) is 0.860. The molecule has 1 amide bonds. The van der Waals surface area contributed by atoms with Crippen molar-refractivity contribution in [1.82, 2.24) is 14.8 Å². The van der Waals surface area contributed by atoms with Crippen LogP contribution in [0, 0.1) is 0 Å². The van der Waals surface area contributed by atoms with E-state index in [1.807, 2.05) is 24.3 Å². The van der Waals surface area contributed by atoms with Crippen LogP contribution in [0.3, 0.4) is 0 Å². The van der Waals surface area contributed by atoms with Crippen molar-refractivity contribution >= 4 is 23.2 Å². The maximum atomic E-state index is 13.5. The van der Waals surface area contributed by atoms with Crippen molar-refractivity contribution in [3.8, 4) is 29.0 Å². The Morgan fingerprint density at radius 2 is 2.06 bits per heavy atom. The summed E-state index contributed by atoms with van der Waals surface area (Å²) in [4.78, 5) is 15.3. The molecular weight excluding hydrogens is 475 g/mol. The second kappa shape index (κ2) is 9.42. The van der Waals surface area contributed by atoms with Gasteiger partial charge in [-0.1, -0.05) is 18.2 Å². The molecule has 35 heavy (non-hydrogen) atoms. The van der Waals surface area contributed by atoms with Gasteiger partial charge < -0.3 is 19.2 Å². The molecule has 4 aromatic rings. The zero-order valence-corrected chi connectivity index (χ0v) is 19.5. The van der Waals surface area contributed by atoms with Gasteiger partial charge in [0.25, 0.3) is 0 Å². The Kier molecular flexibility index (Phi) is 6.17. The number of alkyl halides is 2. The average Bonchev–Trinajstić information content (AvgIpc) is 3.25. The highest BCUT2D eigenvalue weighted by Gasteiger charge is 2.60. The maximum Gasteiger partial charge on any atom is 0.336 e. The first-order valence-corrected chi connectivity index (χ1v) is 11.4. The number of nitrogens with one attached hydrogen (secondary N) is 1. The highest BCUT2D eigenvalue weighted by molar-refractivity contribution is 6.39. The summed E-state index contributed by atoms with van der Waals surface area (Å²) in [5.41, 5.74) is 2.14. The zero-order chi connectivity index (χ0) is 24.4. The van der Waals surface area contributed by atoms with Crippen LogP contribution in [0.5, 0.6) is 11.8 Å². The lowest BCUT2D eigenvalue weighted by Gasteiger charge is -2.10. The standard InChI is InChI=1S/C25H22ClFN4O4/c1-33-19-9-7-16(8-10-19)11-13-35-24-29-22(20-6-3-12-34-20)31(30-24)18-5-2-4-17(14-18)28-23(32)25(26)15-21(25)27/h2-10,12,14,21H,11,13,15H2,1H3,(H,28,32). The Hall–Kier alpha value is -3.85. The number of carbonyl (C=O) groups is 1. The zero-order valence-electron chi connectivity index (χ0n) is 18.8. The number of halogens is 2. The summed E-state index contributed by atoms with van der Waals surface area (Å²) in [7, 11) is 1.63. The summed E-state index contributed by atoms with van der Waals surface area (Å²) in [6.45, 7) is 0.367. The summed E-state index contributed by atoms with van der Waals surface area (Å²) in [5.74, 6) is 1.14. The van der Waals surface area contributed by atoms with Crippen molar-refractivity contribution in [3.63, 3.8) is 0 Å². The molecule has 0 aliphatic heterocycles. The number of methoxy groups -OCH3 is 1. The highest BCUT2D eigenvalue weighted by Crippen LogP contribution is 2.46. The molecule has 2 aromatic heterocycles. The lowest BCUT2D eigenvalue weighted by molar-refractivity contribution is -0.116. The van der Waals surface area contributed by atoms with E-state index in [-0.39, 0.29) is 12.4 Å². The molecule has 1 aliphatic carbocycles. The van der Waals surface area contributed by atoms with Crippen LogP contribution in [-0.4, -0.2) is 45.4 Å². The van der Waals surface area contributed by atoms with E-state index in [9.17, 15) is 9.18 Å². The molecule has 2 heterocycles. The Morgan fingerprint density at radius 1 is 1.26 bits per heavy atom. The summed E-state index contributed by atoms with van der Waals surface area (Å²) < 4.78 is 31.6. The normalized spacial score (nSPS) is 18.8. The number of carbonyl (C=O) groups excluding carboxylic acids is 1. The fourth-order valence-corrected chi connectivity index (χ4v) is 3.72. The first-order chi connectivity index (χ1) is 17.0. The molecule has 180 valence electrons. The maximum absolute atomic E-state index is 13.5. The van der Waals surface area contributed by atoms with E-state index in [0.717, 1.165) is 11.3 Å². The van der Waals surface area contributed by atoms with Gasteiger partial charge in [-0.05, 0) is 48.0 Å². The number of aromatic nitrogens is 3. The fourth-order valence-electron chi connectivity index (χ4n) is 3.54. The molecule has 5 rings (SSSR count). The number of nitrogens with zero attached hydrogens (tertiary/aromatic N) is 3. The van der Waals surface area contributed by atoms with Gasteiger partial charge in [-0.2, -0.15) is 4.98 Å². The van der Waals surface area contributed by atoms with Crippen molar-refractivity contribution < 1.29 is 23.1 Å². The van der Waals surface area contributed by atoms with Gasteiger partial charge in [0.05, 0.1) is 25.7 Å².